The third-order valence-electron chi connectivity index (χ3n) is 5.28. The minimum atomic E-state index is -3.71. The topological polar surface area (TPSA) is 105 Å². The fourth-order valence-corrected chi connectivity index (χ4v) is 4.49. The predicted molar refractivity (Wildman–Crippen MR) is 124 cm³/mol. The zero-order valence-electron chi connectivity index (χ0n) is 18.6. The molecule has 1 atom stereocenters. The molecule has 3 rings (SSSR count). The Kier molecular flexibility index (Phi) is 7.52. The number of hydrogen-bond donors (Lipinski definition) is 2. The molecule has 2 aromatic carbocycles. The first-order valence-corrected chi connectivity index (χ1v) is 12.3. The van der Waals surface area contributed by atoms with E-state index >= 15 is 0 Å². The van der Waals surface area contributed by atoms with E-state index in [1.165, 1.54) is 0 Å². The van der Waals surface area contributed by atoms with Crippen molar-refractivity contribution in [1.82, 2.24) is 5.32 Å². The lowest BCUT2D eigenvalue weighted by atomic mass is 10.1. The van der Waals surface area contributed by atoms with Gasteiger partial charge in [-0.15, -0.1) is 0 Å². The monoisotopic (exact) mass is 459 g/mol. The van der Waals surface area contributed by atoms with E-state index in [1.54, 1.807) is 37.3 Å². The molecular formula is C23H29N3O5S. The van der Waals surface area contributed by atoms with Gasteiger partial charge in [0.1, 0.15) is 6.54 Å². The SMILES string of the molecule is Cc1ccc(C)c(N(CC(=O)Nc2ccccc2C(=O)NC[C@@H]2CCCO2)S(C)(=O)=O)c1. The summed E-state index contributed by atoms with van der Waals surface area (Å²) in [5.41, 5.74) is 2.69. The van der Waals surface area contributed by atoms with E-state index < -0.39 is 22.5 Å². The Morgan fingerprint density at radius 1 is 1.16 bits per heavy atom. The molecule has 32 heavy (non-hydrogen) atoms. The number of ether oxygens (including phenoxy) is 1. The van der Waals surface area contributed by atoms with Gasteiger partial charge in [0.2, 0.25) is 15.9 Å². The zero-order chi connectivity index (χ0) is 23.3. The van der Waals surface area contributed by atoms with Crippen LogP contribution in [0.4, 0.5) is 11.4 Å². The number of nitrogens with zero attached hydrogens (tertiary/aromatic N) is 1. The Morgan fingerprint density at radius 3 is 2.59 bits per heavy atom. The highest BCUT2D eigenvalue weighted by Gasteiger charge is 2.24. The average Bonchev–Trinajstić information content (AvgIpc) is 3.25. The van der Waals surface area contributed by atoms with Gasteiger partial charge in [0.25, 0.3) is 5.91 Å². The lowest BCUT2D eigenvalue weighted by Gasteiger charge is -2.24. The summed E-state index contributed by atoms with van der Waals surface area (Å²) in [7, 11) is -3.71. The van der Waals surface area contributed by atoms with Gasteiger partial charge in [-0.2, -0.15) is 0 Å². The molecule has 0 radical (unpaired) electrons. The minimum Gasteiger partial charge on any atom is -0.376 e. The van der Waals surface area contributed by atoms with E-state index in [1.807, 2.05) is 19.1 Å². The number of anilines is 2. The molecule has 9 heteroatoms. The molecule has 0 saturated carbocycles. The summed E-state index contributed by atoms with van der Waals surface area (Å²) in [6.45, 7) is 4.34. The zero-order valence-corrected chi connectivity index (χ0v) is 19.4. The predicted octanol–water partition coefficient (Wildman–Crippen LogP) is 2.62. The second kappa shape index (κ2) is 10.1. The third kappa shape index (κ3) is 6.08. The second-order valence-electron chi connectivity index (χ2n) is 8.00. The van der Waals surface area contributed by atoms with Gasteiger partial charge in [-0.1, -0.05) is 24.3 Å². The molecule has 2 amide bonds. The molecule has 0 unspecified atom stereocenters. The molecular weight excluding hydrogens is 430 g/mol. The van der Waals surface area contributed by atoms with Crippen molar-refractivity contribution in [3.8, 4) is 0 Å². The van der Waals surface area contributed by atoms with Crippen molar-refractivity contribution in [3.05, 3.63) is 59.2 Å². The summed E-state index contributed by atoms with van der Waals surface area (Å²) in [6, 6.07) is 12.1. The molecule has 2 aromatic rings. The summed E-state index contributed by atoms with van der Waals surface area (Å²) in [5, 5.41) is 5.53. The maximum atomic E-state index is 12.8. The Hall–Kier alpha value is -2.91. The second-order valence-corrected chi connectivity index (χ2v) is 9.91. The standard InChI is InChI=1S/C23H29N3O5S/c1-16-10-11-17(2)21(13-16)26(32(3,29)30)15-22(27)25-20-9-5-4-8-19(20)23(28)24-14-18-7-6-12-31-18/h4-5,8-11,13,18H,6-7,12,14-15H2,1-3H3,(H,24,28)(H,25,27)/t18-/m0/s1. The highest BCUT2D eigenvalue weighted by atomic mass is 32.2. The molecule has 2 N–H and O–H groups in total. The molecule has 172 valence electrons. The Balaban J connectivity index is 1.74. The maximum absolute atomic E-state index is 12.8. The fourth-order valence-electron chi connectivity index (χ4n) is 3.59. The van der Waals surface area contributed by atoms with Crippen molar-refractivity contribution in [2.45, 2.75) is 32.8 Å². The van der Waals surface area contributed by atoms with E-state index in [2.05, 4.69) is 10.6 Å². The van der Waals surface area contributed by atoms with E-state index in [0.717, 1.165) is 34.5 Å². The van der Waals surface area contributed by atoms with Crippen molar-refractivity contribution >= 4 is 33.2 Å². The van der Waals surface area contributed by atoms with Crippen LogP contribution in [0.2, 0.25) is 0 Å². The summed E-state index contributed by atoms with van der Waals surface area (Å²) >= 11 is 0. The van der Waals surface area contributed by atoms with Gasteiger partial charge in [-0.3, -0.25) is 13.9 Å². The molecule has 0 spiro atoms. The number of rotatable bonds is 8. The third-order valence-corrected chi connectivity index (χ3v) is 6.41. The first-order valence-electron chi connectivity index (χ1n) is 10.5. The number of carbonyl (C=O) groups excluding carboxylic acids is 2. The lowest BCUT2D eigenvalue weighted by Crippen LogP contribution is -2.38. The number of carbonyl (C=O) groups is 2. The number of aryl methyl sites for hydroxylation is 2. The van der Waals surface area contributed by atoms with Crippen LogP contribution >= 0.6 is 0 Å². The summed E-state index contributed by atoms with van der Waals surface area (Å²) in [5.74, 6) is -0.874. The van der Waals surface area contributed by atoms with Gasteiger partial charge in [0.05, 0.1) is 29.3 Å². The summed E-state index contributed by atoms with van der Waals surface area (Å²) < 4.78 is 31.5. The molecule has 1 aliphatic rings. The number of benzene rings is 2. The molecule has 1 aliphatic heterocycles. The molecule has 0 bridgehead atoms. The first-order chi connectivity index (χ1) is 15.1. The summed E-state index contributed by atoms with van der Waals surface area (Å²) in [6.07, 6.45) is 2.94. The normalized spacial score (nSPS) is 15.9. The van der Waals surface area contributed by atoms with Crippen molar-refractivity contribution in [2.75, 3.05) is 35.6 Å². The molecule has 1 saturated heterocycles. The molecule has 0 aliphatic carbocycles. The number of para-hydroxylation sites is 1. The number of nitrogens with one attached hydrogen (secondary N) is 2. The highest BCUT2D eigenvalue weighted by molar-refractivity contribution is 7.92. The number of hydrogen-bond acceptors (Lipinski definition) is 5. The van der Waals surface area contributed by atoms with E-state index in [0.29, 0.717) is 30.1 Å². The van der Waals surface area contributed by atoms with Crippen LogP contribution in [0, 0.1) is 13.8 Å². The molecule has 1 heterocycles. The summed E-state index contributed by atoms with van der Waals surface area (Å²) in [4.78, 5) is 25.5. The number of sulfonamides is 1. The van der Waals surface area contributed by atoms with Crippen LogP contribution in [0.3, 0.4) is 0 Å². The van der Waals surface area contributed by atoms with Gasteiger partial charge in [0.15, 0.2) is 0 Å². The molecule has 0 aromatic heterocycles. The van der Waals surface area contributed by atoms with Gasteiger partial charge < -0.3 is 15.4 Å². The van der Waals surface area contributed by atoms with E-state index in [9.17, 15) is 18.0 Å². The Labute approximate surface area is 189 Å². The van der Waals surface area contributed by atoms with Gasteiger partial charge in [-0.05, 0) is 56.0 Å². The first kappa shape index (κ1) is 23.7. The van der Waals surface area contributed by atoms with Crippen LogP contribution in [0.5, 0.6) is 0 Å². The van der Waals surface area contributed by atoms with Crippen LogP contribution in [0.15, 0.2) is 42.5 Å². The highest BCUT2D eigenvalue weighted by Crippen LogP contribution is 2.24. The van der Waals surface area contributed by atoms with Gasteiger partial charge >= 0.3 is 0 Å². The van der Waals surface area contributed by atoms with Crippen LogP contribution in [-0.4, -0.2) is 52.3 Å². The molecule has 8 nitrogen and oxygen atoms in total. The smallest absolute Gasteiger partial charge is 0.253 e. The van der Waals surface area contributed by atoms with Gasteiger partial charge in [-0.25, -0.2) is 8.42 Å². The maximum Gasteiger partial charge on any atom is 0.253 e. The number of amides is 2. The Morgan fingerprint density at radius 2 is 1.91 bits per heavy atom. The average molecular weight is 460 g/mol. The van der Waals surface area contributed by atoms with Crippen LogP contribution < -0.4 is 14.9 Å². The van der Waals surface area contributed by atoms with Crippen LogP contribution in [-0.2, 0) is 19.6 Å². The quantitative estimate of drug-likeness (QED) is 0.631. The Bertz CT molecular complexity index is 1090. The van der Waals surface area contributed by atoms with Crippen LogP contribution in [0.25, 0.3) is 0 Å². The minimum absolute atomic E-state index is 0.00147. The van der Waals surface area contributed by atoms with E-state index in [4.69, 9.17) is 4.74 Å². The van der Waals surface area contributed by atoms with E-state index in [-0.39, 0.29) is 12.0 Å². The van der Waals surface area contributed by atoms with Crippen molar-refractivity contribution in [2.24, 2.45) is 0 Å². The van der Waals surface area contributed by atoms with Crippen molar-refractivity contribution in [3.63, 3.8) is 0 Å². The lowest BCUT2D eigenvalue weighted by molar-refractivity contribution is -0.114. The largest absolute Gasteiger partial charge is 0.376 e. The van der Waals surface area contributed by atoms with Gasteiger partial charge in [0, 0.05) is 13.2 Å². The van der Waals surface area contributed by atoms with Crippen molar-refractivity contribution < 1.29 is 22.7 Å². The molecule has 1 fully saturated rings. The van der Waals surface area contributed by atoms with Crippen LogP contribution in [0.1, 0.15) is 34.3 Å². The fraction of sp³-hybridized carbons (Fsp3) is 0.391. The van der Waals surface area contributed by atoms with Crippen molar-refractivity contribution in [1.29, 1.82) is 0 Å².